The molecule has 0 spiro atoms. The van der Waals surface area contributed by atoms with E-state index in [0.29, 0.717) is 12.1 Å². The Hall–Kier alpha value is -1.68. The number of Topliss-reactive ketones (excluding diaryl/α,β-unsaturated/α-hetero) is 1. The predicted octanol–water partition coefficient (Wildman–Crippen LogP) is 1.80. The lowest BCUT2D eigenvalue weighted by Crippen LogP contribution is -2.44. The monoisotopic (exact) mass is 263 g/mol. The molecule has 0 bridgehead atoms. The van der Waals surface area contributed by atoms with Gasteiger partial charge in [-0.05, 0) is 27.7 Å². The van der Waals surface area contributed by atoms with Gasteiger partial charge in [0.25, 0.3) is 5.91 Å². The van der Waals surface area contributed by atoms with E-state index in [-0.39, 0.29) is 6.54 Å². The van der Waals surface area contributed by atoms with Crippen molar-refractivity contribution in [3.63, 3.8) is 0 Å². The van der Waals surface area contributed by atoms with Gasteiger partial charge in [0, 0.05) is 18.7 Å². The molecule has 0 aliphatic rings. The highest BCUT2D eigenvalue weighted by Gasteiger charge is 2.26. The summed E-state index contributed by atoms with van der Waals surface area (Å²) in [4.78, 5) is 25.5. The number of hydrogen-bond donors (Lipinski definition) is 1. The van der Waals surface area contributed by atoms with Gasteiger partial charge in [0.05, 0.1) is 5.60 Å². The molecule has 1 amide bonds. The first-order chi connectivity index (χ1) is 8.74. The van der Waals surface area contributed by atoms with Crippen LogP contribution in [0.1, 0.15) is 36.7 Å². The molecule has 1 aromatic carbocycles. The second kappa shape index (κ2) is 5.97. The molecule has 0 aliphatic heterocycles. The van der Waals surface area contributed by atoms with Gasteiger partial charge in [-0.1, -0.05) is 29.8 Å². The minimum atomic E-state index is -1.01. The van der Waals surface area contributed by atoms with Crippen LogP contribution in [-0.2, 0) is 4.79 Å². The third kappa shape index (κ3) is 4.48. The van der Waals surface area contributed by atoms with Crippen molar-refractivity contribution in [3.05, 3.63) is 35.4 Å². The topological polar surface area (TPSA) is 57.6 Å². The molecule has 1 N–H and O–H groups in total. The number of ketones is 1. The number of rotatable bonds is 5. The molecule has 19 heavy (non-hydrogen) atoms. The number of aryl methyl sites for hydroxylation is 1. The Morgan fingerprint density at radius 2 is 1.74 bits per heavy atom. The quantitative estimate of drug-likeness (QED) is 0.651. The molecular weight excluding hydrogens is 242 g/mol. The molecule has 0 aliphatic carbocycles. The lowest BCUT2D eigenvalue weighted by molar-refractivity contribution is -0.129. The van der Waals surface area contributed by atoms with Gasteiger partial charge in [0.2, 0.25) is 5.78 Å². The summed E-state index contributed by atoms with van der Waals surface area (Å²) in [7, 11) is 0. The summed E-state index contributed by atoms with van der Waals surface area (Å²) in [6.07, 6.45) is 0. The van der Waals surface area contributed by atoms with Crippen molar-refractivity contribution < 1.29 is 14.7 Å². The highest BCUT2D eigenvalue weighted by molar-refractivity contribution is 6.42. The molecule has 0 fully saturated rings. The maximum atomic E-state index is 12.1. The van der Waals surface area contributed by atoms with Gasteiger partial charge in [-0.2, -0.15) is 0 Å². The first-order valence-electron chi connectivity index (χ1n) is 6.37. The van der Waals surface area contributed by atoms with Crippen molar-refractivity contribution in [3.8, 4) is 0 Å². The fourth-order valence-electron chi connectivity index (χ4n) is 1.77. The fourth-order valence-corrected chi connectivity index (χ4v) is 1.77. The molecule has 0 saturated carbocycles. The van der Waals surface area contributed by atoms with Crippen LogP contribution >= 0.6 is 0 Å². The molecule has 0 atom stereocenters. The van der Waals surface area contributed by atoms with Gasteiger partial charge in [0.15, 0.2) is 0 Å². The average molecular weight is 263 g/mol. The van der Waals surface area contributed by atoms with E-state index in [1.165, 1.54) is 4.90 Å². The summed E-state index contributed by atoms with van der Waals surface area (Å²) in [5, 5.41) is 9.75. The van der Waals surface area contributed by atoms with Gasteiger partial charge in [-0.15, -0.1) is 0 Å². The van der Waals surface area contributed by atoms with E-state index >= 15 is 0 Å². The van der Waals surface area contributed by atoms with E-state index in [0.717, 1.165) is 5.56 Å². The zero-order valence-corrected chi connectivity index (χ0v) is 11.9. The Kier molecular flexibility index (Phi) is 4.84. The summed E-state index contributed by atoms with van der Waals surface area (Å²) in [6, 6.07) is 6.89. The Morgan fingerprint density at radius 1 is 1.21 bits per heavy atom. The summed E-state index contributed by atoms with van der Waals surface area (Å²) in [5.41, 5.74) is 0.400. The summed E-state index contributed by atoms with van der Waals surface area (Å²) < 4.78 is 0. The van der Waals surface area contributed by atoms with Crippen molar-refractivity contribution in [2.24, 2.45) is 0 Å². The number of hydrogen-bond acceptors (Lipinski definition) is 3. The Balaban J connectivity index is 2.86. The molecule has 104 valence electrons. The van der Waals surface area contributed by atoms with Crippen molar-refractivity contribution in [2.75, 3.05) is 13.1 Å². The van der Waals surface area contributed by atoms with Crippen molar-refractivity contribution in [2.45, 2.75) is 33.3 Å². The second-order valence-corrected chi connectivity index (χ2v) is 5.33. The largest absolute Gasteiger partial charge is 0.389 e. The normalized spacial score (nSPS) is 11.2. The Labute approximate surface area is 114 Å². The van der Waals surface area contributed by atoms with Crippen molar-refractivity contribution in [1.29, 1.82) is 0 Å². The van der Waals surface area contributed by atoms with Gasteiger partial charge < -0.3 is 10.0 Å². The number of amides is 1. The first kappa shape index (κ1) is 15.4. The molecule has 1 rings (SSSR count). The fraction of sp³-hybridized carbons (Fsp3) is 0.467. The van der Waals surface area contributed by atoms with Crippen LogP contribution in [-0.4, -0.2) is 40.4 Å². The predicted molar refractivity (Wildman–Crippen MR) is 74.1 cm³/mol. The SMILES string of the molecule is CCN(CC(C)(C)O)C(=O)C(=O)c1ccc(C)cc1. The minimum absolute atomic E-state index is 0.139. The van der Waals surface area contributed by atoms with Crippen LogP contribution in [0.5, 0.6) is 0 Å². The van der Waals surface area contributed by atoms with E-state index in [9.17, 15) is 14.7 Å². The molecule has 0 aromatic heterocycles. The highest BCUT2D eigenvalue weighted by Crippen LogP contribution is 2.09. The van der Waals surface area contributed by atoms with Crippen LogP contribution in [0.3, 0.4) is 0 Å². The van der Waals surface area contributed by atoms with Crippen molar-refractivity contribution in [1.82, 2.24) is 4.90 Å². The third-order valence-electron chi connectivity index (χ3n) is 2.75. The molecule has 1 aromatic rings. The summed E-state index contributed by atoms with van der Waals surface area (Å²) in [6.45, 7) is 7.45. The van der Waals surface area contributed by atoms with Gasteiger partial charge >= 0.3 is 0 Å². The zero-order chi connectivity index (χ0) is 14.6. The Bertz CT molecular complexity index is 457. The number of carbonyl (C=O) groups is 2. The van der Waals surface area contributed by atoms with Crippen LogP contribution in [0.15, 0.2) is 24.3 Å². The molecule has 0 heterocycles. The number of benzene rings is 1. The van der Waals surface area contributed by atoms with Crippen LogP contribution in [0.4, 0.5) is 0 Å². The summed E-state index contributed by atoms with van der Waals surface area (Å²) >= 11 is 0. The number of likely N-dealkylation sites (N-methyl/N-ethyl adjacent to an activating group) is 1. The number of carbonyl (C=O) groups excluding carboxylic acids is 2. The minimum Gasteiger partial charge on any atom is -0.389 e. The number of nitrogens with zero attached hydrogens (tertiary/aromatic N) is 1. The highest BCUT2D eigenvalue weighted by atomic mass is 16.3. The Morgan fingerprint density at radius 3 is 2.16 bits per heavy atom. The van der Waals surface area contributed by atoms with E-state index in [2.05, 4.69) is 0 Å². The maximum Gasteiger partial charge on any atom is 0.295 e. The molecule has 4 heteroatoms. The molecule has 4 nitrogen and oxygen atoms in total. The average Bonchev–Trinajstić information content (AvgIpc) is 2.34. The van der Waals surface area contributed by atoms with Crippen LogP contribution in [0.25, 0.3) is 0 Å². The standard InChI is InChI=1S/C15H21NO3/c1-5-16(10-15(3,4)19)14(18)13(17)12-8-6-11(2)7-9-12/h6-9,19H,5,10H2,1-4H3. The van der Waals surface area contributed by atoms with E-state index in [4.69, 9.17) is 0 Å². The van der Waals surface area contributed by atoms with E-state index in [1.807, 2.05) is 6.92 Å². The van der Waals surface area contributed by atoms with Gasteiger partial charge in [-0.25, -0.2) is 0 Å². The van der Waals surface area contributed by atoms with E-state index < -0.39 is 17.3 Å². The third-order valence-corrected chi connectivity index (χ3v) is 2.75. The molecular formula is C15H21NO3. The molecule has 0 saturated heterocycles. The lowest BCUT2D eigenvalue weighted by Gasteiger charge is -2.27. The second-order valence-electron chi connectivity index (χ2n) is 5.33. The van der Waals surface area contributed by atoms with E-state index in [1.54, 1.807) is 45.0 Å². The smallest absolute Gasteiger partial charge is 0.295 e. The summed E-state index contributed by atoms with van der Waals surface area (Å²) in [5.74, 6) is -1.11. The van der Waals surface area contributed by atoms with Gasteiger partial charge in [-0.3, -0.25) is 9.59 Å². The van der Waals surface area contributed by atoms with Gasteiger partial charge in [0.1, 0.15) is 0 Å². The van der Waals surface area contributed by atoms with Crippen LogP contribution in [0.2, 0.25) is 0 Å². The maximum absolute atomic E-state index is 12.1. The molecule has 0 unspecified atom stereocenters. The van der Waals surface area contributed by atoms with Crippen LogP contribution in [0, 0.1) is 6.92 Å². The number of aliphatic hydroxyl groups is 1. The lowest BCUT2D eigenvalue weighted by atomic mass is 10.1. The van der Waals surface area contributed by atoms with Crippen molar-refractivity contribution >= 4 is 11.7 Å². The first-order valence-corrected chi connectivity index (χ1v) is 6.37. The zero-order valence-electron chi connectivity index (χ0n) is 11.9. The van der Waals surface area contributed by atoms with Crippen LogP contribution < -0.4 is 0 Å². The molecule has 0 radical (unpaired) electrons.